The number of anilines is 1. The average Bonchev–Trinajstić information content (AvgIpc) is 2.45. The fraction of sp³-hybridized carbons (Fsp3) is 0.188. The highest BCUT2D eigenvalue weighted by Gasteiger charge is 2.13. The molecule has 0 N–H and O–H groups in total. The smallest absolute Gasteiger partial charge is 0.0992 e. The molecule has 2 nitrogen and oxygen atoms in total. The van der Waals surface area contributed by atoms with Gasteiger partial charge in [-0.25, -0.2) is 0 Å². The summed E-state index contributed by atoms with van der Waals surface area (Å²) in [6.07, 6.45) is 0. The summed E-state index contributed by atoms with van der Waals surface area (Å²) >= 11 is 9.48. The van der Waals surface area contributed by atoms with Crippen molar-refractivity contribution in [2.75, 3.05) is 11.9 Å². The molecule has 0 saturated heterocycles. The summed E-state index contributed by atoms with van der Waals surface area (Å²) < 4.78 is 0.900. The molecule has 0 aliphatic carbocycles. The van der Waals surface area contributed by atoms with Gasteiger partial charge in [-0.3, -0.25) is 0 Å². The van der Waals surface area contributed by atoms with E-state index in [1.54, 1.807) is 6.07 Å². The Bertz CT molecular complexity index is 664. The molecule has 0 aliphatic heterocycles. The number of nitriles is 1. The standard InChI is InChI=1S/C16H14BrClN2/c1-11(13-4-3-5-15(18)8-13)20(2)16-7-12(10-19)6-14(17)9-16/h3-9,11H,1-2H3. The summed E-state index contributed by atoms with van der Waals surface area (Å²) in [5.41, 5.74) is 2.77. The molecule has 20 heavy (non-hydrogen) atoms. The van der Waals surface area contributed by atoms with Gasteiger partial charge in [-0.15, -0.1) is 0 Å². The molecular formula is C16H14BrClN2. The highest BCUT2D eigenvalue weighted by Crippen LogP contribution is 2.29. The second kappa shape index (κ2) is 6.30. The number of benzene rings is 2. The Morgan fingerprint density at radius 3 is 2.65 bits per heavy atom. The van der Waals surface area contributed by atoms with Gasteiger partial charge in [0.2, 0.25) is 0 Å². The molecule has 102 valence electrons. The zero-order chi connectivity index (χ0) is 14.7. The Kier molecular flexibility index (Phi) is 4.69. The minimum Gasteiger partial charge on any atom is -0.368 e. The van der Waals surface area contributed by atoms with Crippen molar-refractivity contribution in [1.82, 2.24) is 0 Å². The molecule has 2 aromatic rings. The number of nitrogens with zero attached hydrogens (tertiary/aromatic N) is 2. The van der Waals surface area contributed by atoms with E-state index >= 15 is 0 Å². The molecule has 0 radical (unpaired) electrons. The highest BCUT2D eigenvalue weighted by atomic mass is 79.9. The molecule has 0 fully saturated rings. The summed E-state index contributed by atoms with van der Waals surface area (Å²) in [6, 6.07) is 15.9. The molecule has 2 rings (SSSR count). The molecule has 0 amide bonds. The first-order valence-corrected chi connectivity index (χ1v) is 7.37. The fourth-order valence-electron chi connectivity index (χ4n) is 2.06. The van der Waals surface area contributed by atoms with Crippen LogP contribution in [0.25, 0.3) is 0 Å². The van der Waals surface area contributed by atoms with Gasteiger partial charge < -0.3 is 4.90 Å². The zero-order valence-electron chi connectivity index (χ0n) is 11.3. The molecule has 1 unspecified atom stereocenters. The van der Waals surface area contributed by atoms with Crippen LogP contribution in [0.4, 0.5) is 5.69 Å². The SMILES string of the molecule is CC(c1cccc(Cl)c1)N(C)c1cc(Br)cc(C#N)c1. The molecule has 2 aromatic carbocycles. The molecule has 0 aromatic heterocycles. The summed E-state index contributed by atoms with van der Waals surface area (Å²) in [6.45, 7) is 2.11. The van der Waals surface area contributed by atoms with Gasteiger partial charge in [0, 0.05) is 22.2 Å². The van der Waals surface area contributed by atoms with Crippen molar-refractivity contribution in [3.63, 3.8) is 0 Å². The first-order valence-electron chi connectivity index (χ1n) is 6.20. The van der Waals surface area contributed by atoms with Crippen LogP contribution < -0.4 is 4.90 Å². The molecule has 1 atom stereocenters. The van der Waals surface area contributed by atoms with E-state index in [9.17, 15) is 0 Å². The maximum atomic E-state index is 9.05. The Morgan fingerprint density at radius 2 is 2.00 bits per heavy atom. The third kappa shape index (κ3) is 3.33. The third-order valence-corrected chi connectivity index (χ3v) is 4.02. The lowest BCUT2D eigenvalue weighted by Crippen LogP contribution is -2.21. The monoisotopic (exact) mass is 348 g/mol. The minimum absolute atomic E-state index is 0.162. The number of hydrogen-bond acceptors (Lipinski definition) is 2. The van der Waals surface area contributed by atoms with Crippen molar-refractivity contribution in [2.45, 2.75) is 13.0 Å². The van der Waals surface area contributed by atoms with Crippen LogP contribution in [0.15, 0.2) is 46.9 Å². The largest absolute Gasteiger partial charge is 0.368 e. The lowest BCUT2D eigenvalue weighted by Gasteiger charge is -2.28. The molecular weight excluding hydrogens is 336 g/mol. The summed E-state index contributed by atoms with van der Waals surface area (Å²) in [5, 5.41) is 9.78. The van der Waals surface area contributed by atoms with E-state index in [1.807, 2.05) is 37.4 Å². The Balaban J connectivity index is 2.33. The van der Waals surface area contributed by atoms with Crippen molar-refractivity contribution < 1.29 is 0 Å². The van der Waals surface area contributed by atoms with Crippen LogP contribution >= 0.6 is 27.5 Å². The van der Waals surface area contributed by atoms with Crippen molar-refractivity contribution in [2.24, 2.45) is 0 Å². The Morgan fingerprint density at radius 1 is 1.25 bits per heavy atom. The number of hydrogen-bond donors (Lipinski definition) is 0. The minimum atomic E-state index is 0.162. The lowest BCUT2D eigenvalue weighted by molar-refractivity contribution is 0.739. The van der Waals surface area contributed by atoms with Gasteiger partial charge >= 0.3 is 0 Å². The molecule has 0 aliphatic rings. The maximum absolute atomic E-state index is 9.05. The lowest BCUT2D eigenvalue weighted by atomic mass is 10.1. The van der Waals surface area contributed by atoms with Crippen LogP contribution in [0.1, 0.15) is 24.1 Å². The van der Waals surface area contributed by atoms with Crippen molar-refractivity contribution in [1.29, 1.82) is 5.26 Å². The number of halogens is 2. The van der Waals surface area contributed by atoms with Crippen molar-refractivity contribution in [3.8, 4) is 6.07 Å². The van der Waals surface area contributed by atoms with Gasteiger partial charge in [-0.2, -0.15) is 5.26 Å². The van der Waals surface area contributed by atoms with Crippen LogP contribution in [0.3, 0.4) is 0 Å². The van der Waals surface area contributed by atoms with E-state index < -0.39 is 0 Å². The van der Waals surface area contributed by atoms with Crippen LogP contribution in [0.2, 0.25) is 5.02 Å². The topological polar surface area (TPSA) is 27.0 Å². The first-order chi connectivity index (χ1) is 9.51. The quantitative estimate of drug-likeness (QED) is 0.764. The Labute approximate surface area is 132 Å². The van der Waals surface area contributed by atoms with Crippen LogP contribution in [-0.2, 0) is 0 Å². The van der Waals surface area contributed by atoms with Crippen LogP contribution in [-0.4, -0.2) is 7.05 Å². The fourth-order valence-corrected chi connectivity index (χ4v) is 2.74. The van der Waals surface area contributed by atoms with Gasteiger partial charge in [-0.05, 0) is 42.8 Å². The molecule has 0 spiro atoms. The number of rotatable bonds is 3. The summed E-state index contributed by atoms with van der Waals surface area (Å²) in [4.78, 5) is 2.12. The van der Waals surface area contributed by atoms with Gasteiger partial charge in [0.05, 0.1) is 17.7 Å². The van der Waals surface area contributed by atoms with Crippen LogP contribution in [0.5, 0.6) is 0 Å². The normalized spacial score (nSPS) is 11.8. The van der Waals surface area contributed by atoms with Gasteiger partial charge in [0.25, 0.3) is 0 Å². The highest BCUT2D eigenvalue weighted by molar-refractivity contribution is 9.10. The molecule has 0 heterocycles. The van der Waals surface area contributed by atoms with E-state index in [4.69, 9.17) is 16.9 Å². The molecule has 0 bridgehead atoms. The van der Waals surface area contributed by atoms with E-state index in [-0.39, 0.29) is 6.04 Å². The van der Waals surface area contributed by atoms with Gasteiger partial charge in [0.15, 0.2) is 0 Å². The van der Waals surface area contributed by atoms with Gasteiger partial charge in [0.1, 0.15) is 0 Å². The Hall–Kier alpha value is -1.50. The van der Waals surface area contributed by atoms with E-state index in [2.05, 4.69) is 39.9 Å². The van der Waals surface area contributed by atoms with Gasteiger partial charge in [-0.1, -0.05) is 39.7 Å². The maximum Gasteiger partial charge on any atom is 0.0992 e. The zero-order valence-corrected chi connectivity index (χ0v) is 13.6. The summed E-state index contributed by atoms with van der Waals surface area (Å²) in [5.74, 6) is 0. The predicted octanol–water partition coefficient (Wildman–Crippen LogP) is 5.17. The predicted molar refractivity (Wildman–Crippen MR) is 87.1 cm³/mol. The summed E-state index contributed by atoms with van der Waals surface area (Å²) in [7, 11) is 2.01. The third-order valence-electron chi connectivity index (χ3n) is 3.33. The van der Waals surface area contributed by atoms with E-state index in [0.29, 0.717) is 5.56 Å². The second-order valence-corrected chi connectivity index (χ2v) is 6.00. The average molecular weight is 350 g/mol. The van der Waals surface area contributed by atoms with Crippen LogP contribution in [0, 0.1) is 11.3 Å². The van der Waals surface area contributed by atoms with Crippen molar-refractivity contribution in [3.05, 3.63) is 63.1 Å². The second-order valence-electron chi connectivity index (χ2n) is 4.65. The van der Waals surface area contributed by atoms with Crippen molar-refractivity contribution >= 4 is 33.2 Å². The van der Waals surface area contributed by atoms with E-state index in [1.165, 1.54) is 0 Å². The first kappa shape index (κ1) is 14.9. The molecule has 4 heteroatoms. The molecule has 0 saturated carbocycles. The van der Waals surface area contributed by atoms with E-state index in [0.717, 1.165) is 20.7 Å².